The molecule has 0 bridgehead atoms. The van der Waals surface area contributed by atoms with Crippen molar-refractivity contribution in [3.8, 4) is 6.07 Å². The van der Waals surface area contributed by atoms with Gasteiger partial charge in [-0.25, -0.2) is 0 Å². The summed E-state index contributed by atoms with van der Waals surface area (Å²) in [5.74, 6) is 0.598. The zero-order valence-electron chi connectivity index (χ0n) is 8.70. The van der Waals surface area contributed by atoms with Crippen LogP contribution in [0.1, 0.15) is 12.0 Å². The van der Waals surface area contributed by atoms with Gasteiger partial charge < -0.3 is 10.6 Å². The molecular weight excluding hydrogens is 186 g/mol. The van der Waals surface area contributed by atoms with Crippen molar-refractivity contribution in [1.29, 1.82) is 5.26 Å². The van der Waals surface area contributed by atoms with Gasteiger partial charge in [0, 0.05) is 18.7 Å². The van der Waals surface area contributed by atoms with Crippen LogP contribution in [0.3, 0.4) is 0 Å². The van der Waals surface area contributed by atoms with Crippen LogP contribution in [0, 0.1) is 18.3 Å². The zero-order valence-corrected chi connectivity index (χ0v) is 8.70. The number of hydrogen-bond donors (Lipinski definition) is 1. The molecule has 0 fully saturated rings. The van der Waals surface area contributed by atoms with Crippen LogP contribution >= 0.6 is 0 Å². The first-order valence-corrected chi connectivity index (χ1v) is 4.95. The van der Waals surface area contributed by atoms with Crippen LogP contribution in [0.25, 0.3) is 0 Å². The van der Waals surface area contributed by atoms with Crippen LogP contribution in [-0.4, -0.2) is 6.54 Å². The Morgan fingerprint density at radius 2 is 2.00 bits per heavy atom. The molecule has 0 spiro atoms. The Labute approximate surface area is 89.4 Å². The topological polar surface area (TPSA) is 53.0 Å². The van der Waals surface area contributed by atoms with Crippen LogP contribution in [0.15, 0.2) is 35.7 Å². The van der Waals surface area contributed by atoms with Gasteiger partial charge in [-0.1, -0.05) is 17.7 Å². The van der Waals surface area contributed by atoms with E-state index in [9.17, 15) is 0 Å². The van der Waals surface area contributed by atoms with Crippen molar-refractivity contribution in [3.63, 3.8) is 0 Å². The number of aryl methyl sites for hydroxylation is 1. The molecule has 0 aliphatic carbocycles. The lowest BCUT2D eigenvalue weighted by Crippen LogP contribution is -2.23. The molecule has 3 heteroatoms. The first-order chi connectivity index (χ1) is 7.22. The highest BCUT2D eigenvalue weighted by Crippen LogP contribution is 2.25. The molecule has 15 heavy (non-hydrogen) atoms. The van der Waals surface area contributed by atoms with Crippen LogP contribution in [0.4, 0.5) is 5.69 Å². The molecular formula is C12H13N3. The van der Waals surface area contributed by atoms with E-state index < -0.39 is 0 Å². The molecule has 0 atom stereocenters. The zero-order chi connectivity index (χ0) is 10.8. The lowest BCUT2D eigenvalue weighted by Gasteiger charge is -2.19. The van der Waals surface area contributed by atoms with Gasteiger partial charge in [0.1, 0.15) is 5.82 Å². The molecule has 1 aromatic rings. The molecule has 0 aromatic heterocycles. The van der Waals surface area contributed by atoms with Crippen molar-refractivity contribution < 1.29 is 0 Å². The summed E-state index contributed by atoms with van der Waals surface area (Å²) in [6.07, 6.45) is 0.746. The molecule has 3 nitrogen and oxygen atoms in total. The van der Waals surface area contributed by atoms with Crippen molar-refractivity contribution in [1.82, 2.24) is 0 Å². The van der Waals surface area contributed by atoms with Crippen molar-refractivity contribution in [3.05, 3.63) is 41.2 Å². The van der Waals surface area contributed by atoms with E-state index in [1.165, 1.54) is 5.56 Å². The Bertz CT molecular complexity index is 437. The lowest BCUT2D eigenvalue weighted by atomic mass is 10.2. The Kier molecular flexibility index (Phi) is 2.34. The smallest absolute Gasteiger partial charge is 0.117 e. The summed E-state index contributed by atoms with van der Waals surface area (Å²) in [6, 6.07) is 10.3. The van der Waals surface area contributed by atoms with Gasteiger partial charge in [-0.2, -0.15) is 5.26 Å². The lowest BCUT2D eigenvalue weighted by molar-refractivity contribution is 0.955. The molecule has 2 rings (SSSR count). The maximum absolute atomic E-state index is 8.83. The van der Waals surface area contributed by atoms with Crippen molar-refractivity contribution in [2.75, 3.05) is 11.4 Å². The third-order valence-electron chi connectivity index (χ3n) is 2.67. The van der Waals surface area contributed by atoms with E-state index >= 15 is 0 Å². The number of benzene rings is 1. The highest BCUT2D eigenvalue weighted by atomic mass is 15.2. The summed E-state index contributed by atoms with van der Waals surface area (Å²) >= 11 is 0. The minimum atomic E-state index is 0.598. The Morgan fingerprint density at radius 1 is 1.33 bits per heavy atom. The molecule has 2 N–H and O–H groups in total. The molecule has 76 valence electrons. The molecule has 1 heterocycles. The van der Waals surface area contributed by atoms with Crippen LogP contribution < -0.4 is 10.6 Å². The van der Waals surface area contributed by atoms with E-state index in [1.54, 1.807) is 0 Å². The minimum absolute atomic E-state index is 0.598. The van der Waals surface area contributed by atoms with Crippen LogP contribution in [-0.2, 0) is 0 Å². The van der Waals surface area contributed by atoms with E-state index in [-0.39, 0.29) is 0 Å². The van der Waals surface area contributed by atoms with Gasteiger partial charge in [-0.3, -0.25) is 0 Å². The van der Waals surface area contributed by atoms with Crippen LogP contribution in [0.5, 0.6) is 0 Å². The molecule has 0 radical (unpaired) electrons. The Hall–Kier alpha value is -1.95. The van der Waals surface area contributed by atoms with Gasteiger partial charge in [0.05, 0.1) is 11.6 Å². The van der Waals surface area contributed by atoms with Gasteiger partial charge >= 0.3 is 0 Å². The molecule has 1 aliphatic heterocycles. The molecule has 1 aliphatic rings. The Morgan fingerprint density at radius 3 is 2.53 bits per heavy atom. The maximum atomic E-state index is 8.83. The fraction of sp³-hybridized carbons (Fsp3) is 0.250. The van der Waals surface area contributed by atoms with Gasteiger partial charge in [0.2, 0.25) is 0 Å². The quantitative estimate of drug-likeness (QED) is 0.751. The van der Waals surface area contributed by atoms with Crippen molar-refractivity contribution >= 4 is 5.69 Å². The van der Waals surface area contributed by atoms with Gasteiger partial charge in [-0.15, -0.1) is 0 Å². The second-order valence-corrected chi connectivity index (χ2v) is 3.71. The SMILES string of the molecule is Cc1ccc(N2CCC(C#N)=C2N)cc1. The number of anilines is 1. The highest BCUT2D eigenvalue weighted by Gasteiger charge is 2.20. The number of nitrogens with two attached hydrogens (primary N) is 1. The van der Waals surface area contributed by atoms with E-state index in [0.717, 1.165) is 18.7 Å². The van der Waals surface area contributed by atoms with Gasteiger partial charge in [0.25, 0.3) is 0 Å². The Balaban J connectivity index is 2.31. The summed E-state index contributed by atoms with van der Waals surface area (Å²) in [5.41, 5.74) is 8.86. The van der Waals surface area contributed by atoms with Crippen molar-refractivity contribution in [2.24, 2.45) is 5.73 Å². The van der Waals surface area contributed by atoms with Crippen LogP contribution in [0.2, 0.25) is 0 Å². The molecule has 0 saturated heterocycles. The largest absolute Gasteiger partial charge is 0.384 e. The second kappa shape index (κ2) is 3.66. The normalized spacial score (nSPS) is 15.6. The standard InChI is InChI=1S/C12H13N3/c1-9-2-4-11(5-3-9)15-7-6-10(8-13)12(15)14/h2-5H,6-7,14H2,1H3. The monoisotopic (exact) mass is 199 g/mol. The third-order valence-corrected chi connectivity index (χ3v) is 2.67. The summed E-state index contributed by atoms with van der Waals surface area (Å²) in [5, 5.41) is 8.83. The number of rotatable bonds is 1. The third kappa shape index (κ3) is 1.66. The number of nitrogens with zero attached hydrogens (tertiary/aromatic N) is 2. The fourth-order valence-corrected chi connectivity index (χ4v) is 1.74. The number of nitriles is 1. The molecule has 0 amide bonds. The first-order valence-electron chi connectivity index (χ1n) is 4.95. The van der Waals surface area contributed by atoms with E-state index in [1.807, 2.05) is 36.1 Å². The molecule has 0 unspecified atom stereocenters. The maximum Gasteiger partial charge on any atom is 0.117 e. The second-order valence-electron chi connectivity index (χ2n) is 3.71. The molecule has 0 saturated carbocycles. The van der Waals surface area contributed by atoms with E-state index in [2.05, 4.69) is 6.07 Å². The summed E-state index contributed by atoms with van der Waals surface area (Å²) in [7, 11) is 0. The average molecular weight is 199 g/mol. The predicted molar refractivity (Wildman–Crippen MR) is 60.0 cm³/mol. The predicted octanol–water partition coefficient (Wildman–Crippen LogP) is 1.90. The van der Waals surface area contributed by atoms with Gasteiger partial charge in [0.15, 0.2) is 0 Å². The van der Waals surface area contributed by atoms with Crippen molar-refractivity contribution in [2.45, 2.75) is 13.3 Å². The number of hydrogen-bond acceptors (Lipinski definition) is 3. The van der Waals surface area contributed by atoms with Gasteiger partial charge in [-0.05, 0) is 19.1 Å². The highest BCUT2D eigenvalue weighted by molar-refractivity contribution is 5.57. The fourth-order valence-electron chi connectivity index (χ4n) is 1.74. The summed E-state index contributed by atoms with van der Waals surface area (Å²) in [6.45, 7) is 2.85. The first kappa shape index (κ1) is 9.60. The molecule has 1 aromatic carbocycles. The average Bonchev–Trinajstić information content (AvgIpc) is 2.61. The minimum Gasteiger partial charge on any atom is -0.384 e. The summed E-state index contributed by atoms with van der Waals surface area (Å²) < 4.78 is 0. The van der Waals surface area contributed by atoms with E-state index in [4.69, 9.17) is 11.0 Å². The van der Waals surface area contributed by atoms with E-state index in [0.29, 0.717) is 11.4 Å². The summed E-state index contributed by atoms with van der Waals surface area (Å²) in [4.78, 5) is 1.98.